The van der Waals surface area contributed by atoms with Crippen LogP contribution in [0.25, 0.3) is 0 Å². The third kappa shape index (κ3) is 2.25. The number of carbonyl (C=O) groups is 1. The second-order valence-electron chi connectivity index (χ2n) is 4.61. The molecule has 18 heavy (non-hydrogen) atoms. The van der Waals surface area contributed by atoms with Gasteiger partial charge < -0.3 is 5.11 Å². The van der Waals surface area contributed by atoms with Crippen LogP contribution in [0.1, 0.15) is 19.3 Å². The molecule has 1 heterocycles. The van der Waals surface area contributed by atoms with Crippen LogP contribution in [0, 0.1) is 5.41 Å². The molecule has 1 aliphatic rings. The van der Waals surface area contributed by atoms with Crippen LogP contribution in [-0.4, -0.2) is 35.8 Å². The van der Waals surface area contributed by atoms with Crippen LogP contribution in [0.5, 0.6) is 0 Å². The Bertz CT molecular complexity index is 559. The Labute approximate surface area is 105 Å². The number of hydrogen-bond acceptors (Lipinski definition) is 4. The summed E-state index contributed by atoms with van der Waals surface area (Å²) < 4.78 is 27.5. The Balaban J connectivity index is 2.08. The van der Waals surface area contributed by atoms with Gasteiger partial charge in [0, 0.05) is 19.8 Å². The predicted molar refractivity (Wildman–Crippen MR) is 62.3 cm³/mol. The Kier molecular flexibility index (Phi) is 3.16. The van der Waals surface area contributed by atoms with Crippen LogP contribution in [-0.2, 0) is 21.9 Å². The van der Waals surface area contributed by atoms with Crippen molar-refractivity contribution in [2.75, 3.05) is 6.54 Å². The van der Waals surface area contributed by atoms with Crippen molar-refractivity contribution < 1.29 is 18.3 Å². The largest absolute Gasteiger partial charge is 0.481 e. The molecule has 1 saturated carbocycles. The van der Waals surface area contributed by atoms with Crippen LogP contribution < -0.4 is 4.72 Å². The van der Waals surface area contributed by atoms with E-state index in [9.17, 15) is 13.2 Å². The van der Waals surface area contributed by atoms with Crippen molar-refractivity contribution in [2.45, 2.75) is 24.2 Å². The number of hydrogen-bond donors (Lipinski definition) is 2. The van der Waals surface area contributed by atoms with Gasteiger partial charge in [-0.15, -0.1) is 0 Å². The van der Waals surface area contributed by atoms with Crippen LogP contribution in [0.2, 0.25) is 0 Å². The summed E-state index contributed by atoms with van der Waals surface area (Å²) in [7, 11) is -2.06. The summed E-state index contributed by atoms with van der Waals surface area (Å²) in [5, 5.41) is 12.9. The van der Waals surface area contributed by atoms with Crippen LogP contribution in [0.4, 0.5) is 0 Å². The van der Waals surface area contributed by atoms with E-state index < -0.39 is 21.4 Å². The van der Waals surface area contributed by atoms with Crippen molar-refractivity contribution >= 4 is 16.0 Å². The summed E-state index contributed by atoms with van der Waals surface area (Å²) in [6.07, 6.45) is 4.45. The number of sulfonamides is 1. The number of aliphatic carboxylic acids is 1. The van der Waals surface area contributed by atoms with Gasteiger partial charge in [0.25, 0.3) is 0 Å². The number of aryl methyl sites for hydroxylation is 1. The third-order valence-electron chi connectivity index (χ3n) is 3.36. The minimum absolute atomic E-state index is 0.0462. The van der Waals surface area contributed by atoms with E-state index in [1.807, 2.05) is 0 Å². The molecule has 0 unspecified atom stereocenters. The standard InChI is InChI=1S/C10H15N3O4S/c1-13-6-8(5-11-13)18(16,17)12-7-10(9(14)15)3-2-4-10/h5-6,12H,2-4,7H2,1H3,(H,14,15). The van der Waals surface area contributed by atoms with E-state index in [-0.39, 0.29) is 11.4 Å². The lowest BCUT2D eigenvalue weighted by Crippen LogP contribution is -2.47. The van der Waals surface area contributed by atoms with Crippen molar-refractivity contribution in [2.24, 2.45) is 12.5 Å². The summed E-state index contributed by atoms with van der Waals surface area (Å²) >= 11 is 0. The Morgan fingerprint density at radius 1 is 1.61 bits per heavy atom. The maximum absolute atomic E-state index is 11.9. The predicted octanol–water partition coefficient (Wildman–Crippen LogP) is -0.0467. The highest BCUT2D eigenvalue weighted by molar-refractivity contribution is 7.89. The average molecular weight is 273 g/mol. The van der Waals surface area contributed by atoms with Crippen LogP contribution in [0.3, 0.4) is 0 Å². The minimum atomic E-state index is -3.68. The zero-order valence-corrected chi connectivity index (χ0v) is 10.8. The van der Waals surface area contributed by atoms with Gasteiger partial charge in [-0.1, -0.05) is 6.42 Å². The summed E-state index contributed by atoms with van der Waals surface area (Å²) in [5.41, 5.74) is -0.935. The molecule has 0 saturated heterocycles. The molecule has 100 valence electrons. The fourth-order valence-electron chi connectivity index (χ4n) is 1.92. The lowest BCUT2D eigenvalue weighted by Gasteiger charge is -2.37. The molecular weight excluding hydrogens is 258 g/mol. The highest BCUT2D eigenvalue weighted by Crippen LogP contribution is 2.40. The van der Waals surface area contributed by atoms with E-state index in [2.05, 4.69) is 9.82 Å². The average Bonchev–Trinajstić information content (AvgIpc) is 2.63. The van der Waals surface area contributed by atoms with Gasteiger partial charge in [0.05, 0.1) is 11.6 Å². The Morgan fingerprint density at radius 3 is 2.67 bits per heavy atom. The molecule has 0 radical (unpaired) electrons. The molecule has 0 atom stereocenters. The van der Waals surface area contributed by atoms with Crippen molar-refractivity contribution in [3.8, 4) is 0 Å². The van der Waals surface area contributed by atoms with E-state index in [0.29, 0.717) is 12.8 Å². The summed E-state index contributed by atoms with van der Waals surface area (Å²) in [5.74, 6) is -0.942. The highest BCUT2D eigenvalue weighted by Gasteiger charge is 2.45. The van der Waals surface area contributed by atoms with Crippen molar-refractivity contribution in [3.63, 3.8) is 0 Å². The van der Waals surface area contributed by atoms with Gasteiger partial charge in [0.15, 0.2) is 0 Å². The van der Waals surface area contributed by atoms with E-state index in [0.717, 1.165) is 6.42 Å². The number of aromatic nitrogens is 2. The molecule has 0 spiro atoms. The number of carboxylic acid groups (broad SMARTS) is 1. The minimum Gasteiger partial charge on any atom is -0.481 e. The number of nitrogens with one attached hydrogen (secondary N) is 1. The number of nitrogens with zero attached hydrogens (tertiary/aromatic N) is 2. The smallest absolute Gasteiger partial charge is 0.310 e. The first-order valence-corrected chi connectivity index (χ1v) is 7.06. The van der Waals surface area contributed by atoms with Gasteiger partial charge in [-0.2, -0.15) is 5.10 Å². The summed E-state index contributed by atoms with van der Waals surface area (Å²) in [6, 6.07) is 0. The molecule has 2 rings (SSSR count). The maximum Gasteiger partial charge on any atom is 0.310 e. The van der Waals surface area contributed by atoms with Crippen molar-refractivity contribution in [1.82, 2.24) is 14.5 Å². The van der Waals surface area contributed by atoms with Gasteiger partial charge in [-0.05, 0) is 12.8 Å². The second-order valence-corrected chi connectivity index (χ2v) is 6.38. The van der Waals surface area contributed by atoms with Gasteiger partial charge in [-0.25, -0.2) is 13.1 Å². The van der Waals surface area contributed by atoms with E-state index >= 15 is 0 Å². The van der Waals surface area contributed by atoms with E-state index in [4.69, 9.17) is 5.11 Å². The van der Waals surface area contributed by atoms with E-state index in [1.54, 1.807) is 7.05 Å². The lowest BCUT2D eigenvalue weighted by molar-refractivity contribution is -0.153. The first kappa shape index (κ1) is 13.0. The SMILES string of the molecule is Cn1cc(S(=O)(=O)NCC2(C(=O)O)CCC2)cn1. The molecular formula is C10H15N3O4S. The zero-order chi connectivity index (χ0) is 13.4. The molecule has 0 bridgehead atoms. The number of rotatable bonds is 5. The Hall–Kier alpha value is -1.41. The molecule has 2 N–H and O–H groups in total. The fraction of sp³-hybridized carbons (Fsp3) is 0.600. The van der Waals surface area contributed by atoms with E-state index in [1.165, 1.54) is 17.1 Å². The quantitative estimate of drug-likeness (QED) is 0.783. The van der Waals surface area contributed by atoms with Gasteiger partial charge in [0.2, 0.25) is 10.0 Å². The normalized spacial score (nSPS) is 18.3. The maximum atomic E-state index is 11.9. The molecule has 1 aromatic heterocycles. The van der Waals surface area contributed by atoms with Gasteiger partial charge in [0.1, 0.15) is 4.90 Å². The van der Waals surface area contributed by atoms with Crippen molar-refractivity contribution in [1.29, 1.82) is 0 Å². The number of carboxylic acids is 1. The molecule has 0 aromatic carbocycles. The van der Waals surface area contributed by atoms with Crippen molar-refractivity contribution in [3.05, 3.63) is 12.4 Å². The Morgan fingerprint density at radius 2 is 2.28 bits per heavy atom. The third-order valence-corrected chi connectivity index (χ3v) is 4.71. The molecule has 8 heteroatoms. The zero-order valence-electron chi connectivity index (χ0n) is 9.96. The lowest BCUT2D eigenvalue weighted by atomic mass is 9.69. The molecule has 7 nitrogen and oxygen atoms in total. The molecule has 0 aliphatic heterocycles. The first-order valence-electron chi connectivity index (χ1n) is 5.57. The van der Waals surface area contributed by atoms with Gasteiger partial charge >= 0.3 is 5.97 Å². The summed E-state index contributed by atoms with van der Waals surface area (Å²) in [4.78, 5) is 11.2. The van der Waals surface area contributed by atoms with Gasteiger partial charge in [-0.3, -0.25) is 9.48 Å². The molecule has 0 amide bonds. The topological polar surface area (TPSA) is 101 Å². The highest BCUT2D eigenvalue weighted by atomic mass is 32.2. The van der Waals surface area contributed by atoms with Crippen LogP contribution in [0.15, 0.2) is 17.3 Å². The summed E-state index contributed by atoms with van der Waals surface area (Å²) in [6.45, 7) is -0.0699. The molecule has 1 fully saturated rings. The monoisotopic (exact) mass is 273 g/mol. The molecule has 1 aliphatic carbocycles. The fourth-order valence-corrected chi connectivity index (χ4v) is 3.03. The first-order chi connectivity index (χ1) is 8.36. The molecule has 1 aromatic rings. The van der Waals surface area contributed by atoms with Crippen LogP contribution >= 0.6 is 0 Å². The second kappa shape index (κ2) is 4.36.